The van der Waals surface area contributed by atoms with E-state index in [9.17, 15) is 9.59 Å². The summed E-state index contributed by atoms with van der Waals surface area (Å²) in [4.78, 5) is 29.8. The van der Waals surface area contributed by atoms with Crippen molar-refractivity contribution in [3.05, 3.63) is 62.5 Å². The summed E-state index contributed by atoms with van der Waals surface area (Å²) in [7, 11) is 0. The van der Waals surface area contributed by atoms with Gasteiger partial charge in [0.15, 0.2) is 5.16 Å². The summed E-state index contributed by atoms with van der Waals surface area (Å²) in [5, 5.41) is 4.11. The molecule has 1 amide bonds. The van der Waals surface area contributed by atoms with Crippen LogP contribution < -0.4 is 10.9 Å². The van der Waals surface area contributed by atoms with Gasteiger partial charge in [-0.05, 0) is 53.3 Å². The van der Waals surface area contributed by atoms with Crippen LogP contribution >= 0.6 is 34.4 Å². The van der Waals surface area contributed by atoms with Crippen molar-refractivity contribution in [2.75, 3.05) is 11.1 Å². The van der Waals surface area contributed by atoms with Crippen LogP contribution in [-0.2, 0) is 11.3 Å². The van der Waals surface area contributed by atoms with Crippen molar-refractivity contribution in [3.8, 4) is 0 Å². The van der Waals surface area contributed by atoms with Gasteiger partial charge in [-0.1, -0.05) is 49.4 Å². The van der Waals surface area contributed by atoms with Crippen molar-refractivity contribution in [2.45, 2.75) is 31.5 Å². The van der Waals surface area contributed by atoms with E-state index >= 15 is 0 Å². The van der Waals surface area contributed by atoms with Crippen LogP contribution in [0.5, 0.6) is 0 Å². The predicted molar refractivity (Wildman–Crippen MR) is 119 cm³/mol. The molecule has 0 spiro atoms. The largest absolute Gasteiger partial charge is 0.324 e. The van der Waals surface area contributed by atoms with E-state index in [1.165, 1.54) is 11.8 Å². The Bertz CT molecular complexity index is 1020. The van der Waals surface area contributed by atoms with E-state index in [1.807, 2.05) is 42.5 Å². The van der Waals surface area contributed by atoms with E-state index in [2.05, 4.69) is 39.8 Å². The zero-order chi connectivity index (χ0) is 19.2. The van der Waals surface area contributed by atoms with Gasteiger partial charge in [0.2, 0.25) is 5.91 Å². The molecule has 2 aromatic carbocycles. The Hall–Kier alpha value is -1.87. The maximum atomic E-state index is 12.8. The summed E-state index contributed by atoms with van der Waals surface area (Å²) < 4.78 is 2.67. The number of amides is 1. The lowest BCUT2D eigenvalue weighted by atomic mass is 10.2. The normalized spacial score (nSPS) is 10.9. The van der Waals surface area contributed by atoms with Crippen LogP contribution in [0.15, 0.2) is 58.5 Å². The van der Waals surface area contributed by atoms with Crippen LogP contribution in [0.25, 0.3) is 10.9 Å². The van der Waals surface area contributed by atoms with Crippen molar-refractivity contribution in [3.63, 3.8) is 0 Å². The zero-order valence-corrected chi connectivity index (χ0v) is 17.9. The quantitative estimate of drug-likeness (QED) is 0.299. The monoisotopic (exact) mass is 493 g/mol. The molecule has 1 heterocycles. The van der Waals surface area contributed by atoms with Gasteiger partial charge in [0.1, 0.15) is 0 Å². The van der Waals surface area contributed by atoms with Crippen LogP contribution in [0.2, 0.25) is 0 Å². The van der Waals surface area contributed by atoms with Crippen LogP contribution in [-0.4, -0.2) is 21.2 Å². The maximum Gasteiger partial charge on any atom is 0.262 e. The molecule has 0 aliphatic heterocycles. The molecular weight excluding hydrogens is 473 g/mol. The standard InChI is InChI=1S/C20H20IN3O2S/c1-2-3-12-24-19(26)14-8-4-6-10-16(14)23-20(24)27-13-18(25)22-17-11-7-5-9-15(17)21/h4-11H,2-3,12-13H2,1H3,(H,22,25). The SMILES string of the molecule is CCCCn1c(SCC(=O)Nc2ccccc2I)nc2ccccc2c1=O. The molecule has 0 saturated heterocycles. The zero-order valence-electron chi connectivity index (χ0n) is 14.9. The average molecular weight is 493 g/mol. The van der Waals surface area contributed by atoms with Gasteiger partial charge in [-0.3, -0.25) is 14.2 Å². The topological polar surface area (TPSA) is 64.0 Å². The van der Waals surface area contributed by atoms with Crippen molar-refractivity contribution in [1.29, 1.82) is 0 Å². The van der Waals surface area contributed by atoms with E-state index < -0.39 is 0 Å². The minimum Gasteiger partial charge on any atom is -0.324 e. The van der Waals surface area contributed by atoms with E-state index in [-0.39, 0.29) is 17.2 Å². The molecule has 0 aliphatic carbocycles. The Morgan fingerprint density at radius 1 is 1.19 bits per heavy atom. The number of anilines is 1. The highest BCUT2D eigenvalue weighted by molar-refractivity contribution is 14.1. The Morgan fingerprint density at radius 2 is 1.93 bits per heavy atom. The molecule has 0 saturated carbocycles. The number of carbonyl (C=O) groups excluding carboxylic acids is 1. The van der Waals surface area contributed by atoms with Crippen molar-refractivity contribution < 1.29 is 4.79 Å². The molecule has 1 aromatic heterocycles. The van der Waals surface area contributed by atoms with Gasteiger partial charge in [-0.2, -0.15) is 0 Å². The Morgan fingerprint density at radius 3 is 2.70 bits per heavy atom. The molecule has 0 unspecified atom stereocenters. The number of unbranched alkanes of at least 4 members (excludes halogenated alkanes) is 1. The number of aromatic nitrogens is 2. The van der Waals surface area contributed by atoms with Gasteiger partial charge in [-0.25, -0.2) is 4.98 Å². The molecule has 7 heteroatoms. The number of benzene rings is 2. The first-order valence-electron chi connectivity index (χ1n) is 8.77. The summed E-state index contributed by atoms with van der Waals surface area (Å²) in [5.74, 6) is 0.0792. The van der Waals surface area contributed by atoms with Gasteiger partial charge in [0.05, 0.1) is 22.3 Å². The lowest BCUT2D eigenvalue weighted by Crippen LogP contribution is -2.24. The molecule has 3 rings (SSSR count). The van der Waals surface area contributed by atoms with Gasteiger partial charge in [0, 0.05) is 10.1 Å². The highest BCUT2D eigenvalue weighted by Gasteiger charge is 2.13. The number of nitrogens with zero attached hydrogens (tertiary/aromatic N) is 2. The highest BCUT2D eigenvalue weighted by atomic mass is 127. The molecule has 0 radical (unpaired) electrons. The molecule has 0 atom stereocenters. The summed E-state index contributed by atoms with van der Waals surface area (Å²) >= 11 is 3.49. The molecule has 5 nitrogen and oxygen atoms in total. The number of fused-ring (bicyclic) bond motifs is 1. The number of rotatable bonds is 7. The molecule has 140 valence electrons. The minimum absolute atomic E-state index is 0.0467. The van der Waals surface area contributed by atoms with E-state index in [0.29, 0.717) is 22.6 Å². The number of thioether (sulfide) groups is 1. The Labute approximate surface area is 175 Å². The fourth-order valence-electron chi connectivity index (χ4n) is 2.65. The van der Waals surface area contributed by atoms with Gasteiger partial charge in [-0.15, -0.1) is 0 Å². The molecular formula is C20H20IN3O2S. The van der Waals surface area contributed by atoms with Crippen molar-refractivity contribution >= 4 is 56.9 Å². The lowest BCUT2D eigenvalue weighted by molar-refractivity contribution is -0.113. The molecule has 1 N–H and O–H groups in total. The van der Waals surface area contributed by atoms with Crippen LogP contribution in [0.4, 0.5) is 5.69 Å². The lowest BCUT2D eigenvalue weighted by Gasteiger charge is -2.13. The fourth-order valence-corrected chi connectivity index (χ4v) is 4.00. The number of halogens is 1. The summed E-state index contributed by atoms with van der Waals surface area (Å²) in [5.41, 5.74) is 1.41. The van der Waals surface area contributed by atoms with E-state index in [1.54, 1.807) is 10.6 Å². The predicted octanol–water partition coefficient (Wildman–Crippen LogP) is 4.53. The Kier molecular flexibility index (Phi) is 6.89. The first kappa shape index (κ1) is 19.9. The number of hydrogen-bond acceptors (Lipinski definition) is 4. The summed E-state index contributed by atoms with van der Waals surface area (Å²) in [6.45, 7) is 2.69. The fraction of sp³-hybridized carbons (Fsp3) is 0.250. The third-order valence-electron chi connectivity index (χ3n) is 4.04. The average Bonchev–Trinajstić information content (AvgIpc) is 2.68. The summed E-state index contributed by atoms with van der Waals surface area (Å²) in [6, 6.07) is 15.0. The second kappa shape index (κ2) is 9.36. The second-order valence-corrected chi connectivity index (χ2v) is 8.14. The number of carbonyl (C=O) groups is 1. The van der Waals surface area contributed by atoms with E-state index in [0.717, 1.165) is 22.1 Å². The third kappa shape index (κ3) is 4.90. The third-order valence-corrected chi connectivity index (χ3v) is 5.96. The number of hydrogen-bond donors (Lipinski definition) is 1. The maximum absolute atomic E-state index is 12.8. The van der Waals surface area contributed by atoms with Crippen LogP contribution in [0.1, 0.15) is 19.8 Å². The first-order valence-corrected chi connectivity index (χ1v) is 10.8. The van der Waals surface area contributed by atoms with Crippen molar-refractivity contribution in [2.24, 2.45) is 0 Å². The van der Waals surface area contributed by atoms with Crippen LogP contribution in [0.3, 0.4) is 0 Å². The van der Waals surface area contributed by atoms with Gasteiger partial charge in [0.25, 0.3) is 5.56 Å². The van der Waals surface area contributed by atoms with Gasteiger partial charge < -0.3 is 5.32 Å². The number of nitrogens with one attached hydrogen (secondary N) is 1. The molecule has 0 bridgehead atoms. The van der Waals surface area contributed by atoms with Crippen molar-refractivity contribution in [1.82, 2.24) is 9.55 Å². The summed E-state index contributed by atoms with van der Waals surface area (Å²) in [6.07, 6.45) is 1.87. The highest BCUT2D eigenvalue weighted by Crippen LogP contribution is 2.20. The van der Waals surface area contributed by atoms with E-state index in [4.69, 9.17) is 0 Å². The molecule has 3 aromatic rings. The second-order valence-electron chi connectivity index (χ2n) is 6.04. The Balaban J connectivity index is 1.81. The molecule has 0 aliphatic rings. The number of para-hydroxylation sites is 2. The molecule has 27 heavy (non-hydrogen) atoms. The molecule has 0 fully saturated rings. The van der Waals surface area contributed by atoms with Crippen LogP contribution in [0, 0.1) is 3.57 Å². The minimum atomic E-state index is -0.117. The smallest absolute Gasteiger partial charge is 0.262 e. The first-order chi connectivity index (χ1) is 13.1. The van der Waals surface area contributed by atoms with Gasteiger partial charge >= 0.3 is 0 Å².